The smallest absolute Gasteiger partial charge is 0.248 e. The summed E-state index contributed by atoms with van der Waals surface area (Å²) in [6.45, 7) is 3.14. The first-order valence-corrected chi connectivity index (χ1v) is 12.1. The zero-order valence-electron chi connectivity index (χ0n) is 19.6. The van der Waals surface area contributed by atoms with Crippen LogP contribution in [0.4, 0.5) is 8.78 Å². The number of aromatic nitrogens is 5. The van der Waals surface area contributed by atoms with E-state index in [0.717, 1.165) is 36.9 Å². The van der Waals surface area contributed by atoms with Crippen LogP contribution in [0.3, 0.4) is 0 Å². The van der Waals surface area contributed by atoms with E-state index in [-0.39, 0.29) is 34.0 Å². The van der Waals surface area contributed by atoms with E-state index >= 15 is 0 Å². The molecule has 0 spiro atoms. The fourth-order valence-corrected chi connectivity index (χ4v) is 5.82. The Bertz CT molecular complexity index is 1470. The number of oxazole rings is 1. The van der Waals surface area contributed by atoms with E-state index in [9.17, 15) is 13.9 Å². The number of nitrogens with zero attached hydrogens (tertiary/aromatic N) is 5. The maximum Gasteiger partial charge on any atom is 0.248 e. The third-order valence-electron chi connectivity index (χ3n) is 7.28. The van der Waals surface area contributed by atoms with Crippen molar-refractivity contribution in [1.82, 2.24) is 25.1 Å². The number of halogens is 3. The second kappa shape index (κ2) is 8.11. The lowest BCUT2D eigenvalue weighted by Gasteiger charge is -2.46. The molecule has 0 unspecified atom stereocenters. The topological polar surface area (TPSA) is 97.8 Å². The van der Waals surface area contributed by atoms with Gasteiger partial charge in [-0.2, -0.15) is 5.10 Å². The molecule has 0 aliphatic heterocycles. The molecule has 1 aromatic carbocycles. The Morgan fingerprint density at radius 2 is 1.78 bits per heavy atom. The first-order valence-electron chi connectivity index (χ1n) is 11.7. The van der Waals surface area contributed by atoms with E-state index < -0.39 is 22.7 Å². The van der Waals surface area contributed by atoms with E-state index in [2.05, 4.69) is 20.2 Å². The third kappa shape index (κ3) is 3.52. The van der Waals surface area contributed by atoms with Gasteiger partial charge in [0.05, 0.1) is 34.3 Å². The monoisotopic (exact) mass is 509 g/mol. The van der Waals surface area contributed by atoms with Crippen LogP contribution in [0.25, 0.3) is 22.8 Å². The van der Waals surface area contributed by atoms with Crippen molar-refractivity contribution in [2.75, 3.05) is 0 Å². The normalized spacial score (nSPS) is 21.0. The first-order chi connectivity index (χ1) is 17.2. The highest BCUT2D eigenvalue weighted by molar-refractivity contribution is 6.29. The van der Waals surface area contributed by atoms with Crippen LogP contribution in [0.2, 0.25) is 5.22 Å². The quantitative estimate of drug-likeness (QED) is 0.376. The summed E-state index contributed by atoms with van der Waals surface area (Å²) in [4.78, 5) is 13.6. The van der Waals surface area contributed by atoms with Gasteiger partial charge in [0.2, 0.25) is 11.1 Å². The van der Waals surface area contributed by atoms with Crippen molar-refractivity contribution in [1.29, 1.82) is 0 Å². The molecular formula is C26H22ClF2N5O2. The Hall–Kier alpha value is -3.30. The molecule has 0 saturated heterocycles. The third-order valence-corrected chi connectivity index (χ3v) is 7.54. The maximum atomic E-state index is 14.4. The summed E-state index contributed by atoms with van der Waals surface area (Å²) >= 11 is 6.17. The zero-order valence-corrected chi connectivity index (χ0v) is 20.4. The fraction of sp³-hybridized carbons (Fsp3) is 0.346. The molecule has 184 valence electrons. The van der Waals surface area contributed by atoms with Crippen LogP contribution >= 0.6 is 11.6 Å². The average molecular weight is 510 g/mol. The van der Waals surface area contributed by atoms with E-state index in [1.807, 2.05) is 0 Å². The molecule has 7 rings (SSSR count). The second-order valence-electron chi connectivity index (χ2n) is 9.98. The van der Waals surface area contributed by atoms with Crippen LogP contribution in [-0.2, 0) is 11.0 Å². The highest BCUT2D eigenvalue weighted by Crippen LogP contribution is 2.55. The van der Waals surface area contributed by atoms with Crippen LogP contribution in [0, 0.1) is 11.6 Å². The molecule has 3 aliphatic carbocycles. The molecule has 0 atom stereocenters. The van der Waals surface area contributed by atoms with Gasteiger partial charge in [-0.3, -0.25) is 4.98 Å². The first kappa shape index (κ1) is 23.1. The molecule has 7 nitrogen and oxygen atoms in total. The van der Waals surface area contributed by atoms with Crippen molar-refractivity contribution < 1.29 is 18.3 Å². The fourth-order valence-electron chi connectivity index (χ4n) is 5.48. The van der Waals surface area contributed by atoms with Crippen molar-refractivity contribution in [2.45, 2.75) is 56.5 Å². The van der Waals surface area contributed by atoms with Crippen LogP contribution in [-0.4, -0.2) is 30.3 Å². The molecule has 4 aromatic rings. The van der Waals surface area contributed by atoms with Crippen LogP contribution in [0.15, 0.2) is 41.1 Å². The SMILES string of the molecule is CC(C)(O)c1nc(-c2cncc([C@]34CC[C@H](CC3)c3cc(-c5c(F)cccc5F)nnc34)n2)oc1Cl. The van der Waals surface area contributed by atoms with Crippen molar-refractivity contribution in [3.8, 4) is 22.8 Å². The van der Waals surface area contributed by atoms with Crippen molar-refractivity contribution in [3.63, 3.8) is 0 Å². The molecule has 2 bridgehead atoms. The Morgan fingerprint density at radius 1 is 1.06 bits per heavy atom. The van der Waals surface area contributed by atoms with Gasteiger partial charge in [0.1, 0.15) is 28.6 Å². The number of benzene rings is 1. The average Bonchev–Trinajstić information content (AvgIpc) is 3.27. The lowest BCUT2D eigenvalue weighted by Crippen LogP contribution is -2.41. The Labute approximate surface area is 210 Å². The molecule has 0 amide bonds. The number of rotatable bonds is 4. The van der Waals surface area contributed by atoms with E-state index in [0.29, 0.717) is 11.4 Å². The molecule has 3 aromatic heterocycles. The van der Waals surface area contributed by atoms with Gasteiger partial charge in [-0.1, -0.05) is 6.07 Å². The van der Waals surface area contributed by atoms with Crippen LogP contribution in [0.1, 0.15) is 68.1 Å². The summed E-state index contributed by atoms with van der Waals surface area (Å²) in [7, 11) is 0. The number of hydrogen-bond donors (Lipinski definition) is 1. The maximum absolute atomic E-state index is 14.4. The lowest BCUT2D eigenvalue weighted by molar-refractivity contribution is 0.0739. The molecule has 10 heteroatoms. The van der Waals surface area contributed by atoms with Gasteiger partial charge in [0, 0.05) is 6.20 Å². The van der Waals surface area contributed by atoms with Crippen molar-refractivity contribution in [3.05, 3.63) is 76.2 Å². The lowest BCUT2D eigenvalue weighted by atomic mass is 9.58. The summed E-state index contributed by atoms with van der Waals surface area (Å²) in [6.07, 6.45) is 6.60. The summed E-state index contributed by atoms with van der Waals surface area (Å²) in [6, 6.07) is 5.52. The van der Waals surface area contributed by atoms with Gasteiger partial charge in [0.25, 0.3) is 0 Å². The van der Waals surface area contributed by atoms with Crippen LogP contribution < -0.4 is 0 Å². The summed E-state index contributed by atoms with van der Waals surface area (Å²) in [5.41, 5.74) is 1.18. The van der Waals surface area contributed by atoms with Gasteiger partial charge >= 0.3 is 0 Å². The van der Waals surface area contributed by atoms with Crippen molar-refractivity contribution >= 4 is 11.6 Å². The highest BCUT2D eigenvalue weighted by Gasteiger charge is 2.49. The molecule has 3 heterocycles. The molecular weight excluding hydrogens is 488 g/mol. The van der Waals surface area contributed by atoms with E-state index in [1.54, 1.807) is 26.1 Å². The van der Waals surface area contributed by atoms with Gasteiger partial charge in [-0.05, 0) is 80.8 Å². The predicted octanol–water partition coefficient (Wildman–Crippen LogP) is 5.70. The van der Waals surface area contributed by atoms with Gasteiger partial charge in [0.15, 0.2) is 0 Å². The second-order valence-corrected chi connectivity index (χ2v) is 10.3. The van der Waals surface area contributed by atoms with Gasteiger partial charge in [-0.15, -0.1) is 5.10 Å². The van der Waals surface area contributed by atoms with E-state index in [1.165, 1.54) is 24.4 Å². The molecule has 1 saturated carbocycles. The molecule has 1 fully saturated rings. The number of hydrogen-bond acceptors (Lipinski definition) is 7. The Kier molecular flexibility index (Phi) is 5.21. The van der Waals surface area contributed by atoms with Crippen LogP contribution in [0.5, 0.6) is 0 Å². The molecule has 1 N–H and O–H groups in total. The highest BCUT2D eigenvalue weighted by atomic mass is 35.5. The predicted molar refractivity (Wildman–Crippen MR) is 127 cm³/mol. The minimum atomic E-state index is -1.28. The molecule has 0 radical (unpaired) electrons. The van der Waals surface area contributed by atoms with E-state index in [4.69, 9.17) is 21.0 Å². The largest absolute Gasteiger partial charge is 0.423 e. The number of fused-ring (bicyclic) bond motifs is 2. The summed E-state index contributed by atoms with van der Waals surface area (Å²) in [5, 5.41) is 19.1. The molecule has 36 heavy (non-hydrogen) atoms. The summed E-state index contributed by atoms with van der Waals surface area (Å²) < 4.78 is 34.5. The Morgan fingerprint density at radius 3 is 2.44 bits per heavy atom. The minimum absolute atomic E-state index is 0.00911. The van der Waals surface area contributed by atoms with Crippen molar-refractivity contribution in [2.24, 2.45) is 0 Å². The molecule has 3 aliphatic rings. The minimum Gasteiger partial charge on any atom is -0.423 e. The van der Waals surface area contributed by atoms with Gasteiger partial charge < -0.3 is 9.52 Å². The van der Waals surface area contributed by atoms with Gasteiger partial charge in [-0.25, -0.2) is 18.7 Å². The number of aliphatic hydroxyl groups is 1. The summed E-state index contributed by atoms with van der Waals surface area (Å²) in [5.74, 6) is -0.951. The standard InChI is InChI=1S/C26H22ClF2N5O2/c1-25(2,35)22-23(27)36-24(32-22)18-11-30-12-19(31-18)26-8-6-13(7-9-26)14-10-17(33-34-21(14)26)20-15(28)4-3-5-16(20)29/h3-5,10-13,35H,6-9H2,1-2H3/t13-,26+. The Balaban J connectivity index is 1.45. The zero-order chi connectivity index (χ0) is 25.2.